The third-order valence-electron chi connectivity index (χ3n) is 5.93. The number of carbonyl (C=O) groups is 1. The van der Waals surface area contributed by atoms with E-state index in [9.17, 15) is 13.2 Å². The number of amides is 1. The summed E-state index contributed by atoms with van der Waals surface area (Å²) in [5, 5.41) is 2.88. The first kappa shape index (κ1) is 24.1. The van der Waals surface area contributed by atoms with Crippen molar-refractivity contribution >= 4 is 38.5 Å². The van der Waals surface area contributed by atoms with E-state index in [-0.39, 0.29) is 29.0 Å². The quantitative estimate of drug-likeness (QED) is 0.284. The summed E-state index contributed by atoms with van der Waals surface area (Å²) in [7, 11) is -3.88. The molecule has 0 aliphatic carbocycles. The maximum atomic E-state index is 12.9. The minimum Gasteiger partial charge on any atom is -0.326 e. The molecule has 184 valence electrons. The Hall–Kier alpha value is -4.56. The number of benzene rings is 4. The van der Waals surface area contributed by atoms with Gasteiger partial charge in [-0.2, -0.15) is 0 Å². The van der Waals surface area contributed by atoms with Crippen LogP contribution in [0.25, 0.3) is 11.0 Å². The fourth-order valence-electron chi connectivity index (χ4n) is 4.12. The van der Waals surface area contributed by atoms with Crippen LogP contribution >= 0.6 is 0 Å². The number of aromatic nitrogens is 2. The molecule has 37 heavy (non-hydrogen) atoms. The van der Waals surface area contributed by atoms with Gasteiger partial charge >= 0.3 is 0 Å². The van der Waals surface area contributed by atoms with Gasteiger partial charge in [0.25, 0.3) is 10.0 Å². The van der Waals surface area contributed by atoms with Crippen molar-refractivity contribution < 1.29 is 13.2 Å². The molecular formula is C29H24N4O3S. The van der Waals surface area contributed by atoms with Crippen molar-refractivity contribution in [3.8, 4) is 0 Å². The van der Waals surface area contributed by atoms with Gasteiger partial charge in [0.2, 0.25) is 5.91 Å². The van der Waals surface area contributed by atoms with Crippen molar-refractivity contribution in [3.63, 3.8) is 0 Å². The molecule has 0 radical (unpaired) electrons. The summed E-state index contributed by atoms with van der Waals surface area (Å²) in [4.78, 5) is 21.5. The molecule has 0 saturated carbocycles. The zero-order valence-electron chi connectivity index (χ0n) is 19.8. The predicted octanol–water partition coefficient (Wildman–Crippen LogP) is 5.59. The van der Waals surface area contributed by atoms with Crippen LogP contribution in [-0.4, -0.2) is 24.3 Å². The van der Waals surface area contributed by atoms with Gasteiger partial charge in [-0.3, -0.25) is 14.5 Å². The molecule has 8 heteroatoms. The molecule has 5 aromatic rings. The van der Waals surface area contributed by atoms with Crippen LogP contribution in [0.1, 0.15) is 23.5 Å². The van der Waals surface area contributed by atoms with Crippen LogP contribution in [0.3, 0.4) is 0 Å². The highest BCUT2D eigenvalue weighted by molar-refractivity contribution is 7.92. The number of para-hydroxylation sites is 2. The van der Waals surface area contributed by atoms with Crippen molar-refractivity contribution in [3.05, 3.63) is 127 Å². The Bertz CT molecular complexity index is 1590. The largest absolute Gasteiger partial charge is 0.326 e. The highest BCUT2D eigenvalue weighted by atomic mass is 32.2. The second-order valence-electron chi connectivity index (χ2n) is 8.50. The van der Waals surface area contributed by atoms with E-state index in [0.717, 1.165) is 11.1 Å². The van der Waals surface area contributed by atoms with E-state index in [2.05, 4.69) is 20.0 Å². The molecule has 1 heterocycles. The summed E-state index contributed by atoms with van der Waals surface area (Å²) in [6, 6.07) is 33.0. The number of hydrogen-bond acceptors (Lipinski definition) is 5. The molecule has 0 spiro atoms. The lowest BCUT2D eigenvalue weighted by Crippen LogP contribution is -2.17. The molecule has 0 saturated heterocycles. The Morgan fingerprint density at radius 1 is 0.730 bits per heavy atom. The molecule has 1 amide bonds. The number of rotatable bonds is 8. The summed E-state index contributed by atoms with van der Waals surface area (Å²) >= 11 is 0. The van der Waals surface area contributed by atoms with E-state index in [0.29, 0.717) is 16.7 Å². The van der Waals surface area contributed by atoms with Crippen LogP contribution in [-0.2, 0) is 14.8 Å². The summed E-state index contributed by atoms with van der Waals surface area (Å²) in [5.41, 5.74) is 3.87. The van der Waals surface area contributed by atoms with Crippen LogP contribution in [0.15, 0.2) is 120 Å². The van der Waals surface area contributed by atoms with Gasteiger partial charge in [0.05, 0.1) is 22.1 Å². The molecule has 0 aliphatic heterocycles. The number of sulfonamides is 1. The average Bonchev–Trinajstić information content (AvgIpc) is 2.93. The number of anilines is 2. The number of nitrogens with zero attached hydrogens (tertiary/aromatic N) is 2. The maximum absolute atomic E-state index is 12.9. The Kier molecular flexibility index (Phi) is 6.91. The van der Waals surface area contributed by atoms with E-state index in [1.807, 2.05) is 72.8 Å². The van der Waals surface area contributed by atoms with E-state index >= 15 is 0 Å². The first-order valence-electron chi connectivity index (χ1n) is 11.7. The Labute approximate surface area is 215 Å². The zero-order valence-corrected chi connectivity index (χ0v) is 20.6. The summed E-state index contributed by atoms with van der Waals surface area (Å²) in [5.74, 6) is -0.142. The van der Waals surface area contributed by atoms with Crippen molar-refractivity contribution in [2.45, 2.75) is 17.2 Å². The first-order chi connectivity index (χ1) is 18.0. The lowest BCUT2D eigenvalue weighted by molar-refractivity contribution is -0.116. The molecule has 7 nitrogen and oxygen atoms in total. The van der Waals surface area contributed by atoms with Gasteiger partial charge in [-0.15, -0.1) is 0 Å². The van der Waals surface area contributed by atoms with E-state index in [1.165, 1.54) is 18.3 Å². The van der Waals surface area contributed by atoms with Gasteiger partial charge in [0.15, 0.2) is 5.82 Å². The molecule has 4 aromatic carbocycles. The maximum Gasteiger partial charge on any atom is 0.263 e. The van der Waals surface area contributed by atoms with Crippen LogP contribution in [0.5, 0.6) is 0 Å². The summed E-state index contributed by atoms with van der Waals surface area (Å²) in [6.45, 7) is 0. The third kappa shape index (κ3) is 5.82. The molecule has 0 unspecified atom stereocenters. The summed E-state index contributed by atoms with van der Waals surface area (Å²) < 4.78 is 28.2. The van der Waals surface area contributed by atoms with Crippen LogP contribution in [0, 0.1) is 0 Å². The highest BCUT2D eigenvalue weighted by Gasteiger charge is 2.19. The summed E-state index contributed by atoms with van der Waals surface area (Å²) in [6.07, 6.45) is 1.63. The number of hydrogen-bond donors (Lipinski definition) is 2. The van der Waals surface area contributed by atoms with Gasteiger partial charge in [0.1, 0.15) is 0 Å². The molecule has 0 atom stereocenters. The Balaban J connectivity index is 1.28. The first-order valence-corrected chi connectivity index (χ1v) is 13.2. The lowest BCUT2D eigenvalue weighted by atomic mass is 9.88. The van der Waals surface area contributed by atoms with Gasteiger partial charge in [-0.05, 0) is 47.5 Å². The van der Waals surface area contributed by atoms with E-state index < -0.39 is 10.0 Å². The Morgan fingerprint density at radius 3 is 1.92 bits per heavy atom. The molecule has 2 N–H and O–H groups in total. The van der Waals surface area contributed by atoms with E-state index in [1.54, 1.807) is 24.3 Å². The molecule has 0 aliphatic rings. The van der Waals surface area contributed by atoms with Gasteiger partial charge in [-0.25, -0.2) is 13.4 Å². The highest BCUT2D eigenvalue weighted by Crippen LogP contribution is 2.28. The van der Waals surface area contributed by atoms with E-state index in [4.69, 9.17) is 0 Å². The average molecular weight is 509 g/mol. The molecule has 0 bridgehead atoms. The van der Waals surface area contributed by atoms with Crippen molar-refractivity contribution in [2.75, 3.05) is 10.0 Å². The normalized spacial score (nSPS) is 11.4. The molecule has 5 rings (SSSR count). The zero-order chi connectivity index (χ0) is 25.7. The smallest absolute Gasteiger partial charge is 0.263 e. The van der Waals surface area contributed by atoms with Crippen molar-refractivity contribution in [1.82, 2.24) is 9.97 Å². The fraction of sp³-hybridized carbons (Fsp3) is 0.0690. The van der Waals surface area contributed by atoms with Crippen LogP contribution in [0.4, 0.5) is 11.5 Å². The second kappa shape index (κ2) is 10.6. The molecule has 1 aromatic heterocycles. The molecular weight excluding hydrogens is 484 g/mol. The van der Waals surface area contributed by atoms with Crippen molar-refractivity contribution in [1.29, 1.82) is 0 Å². The second-order valence-corrected chi connectivity index (χ2v) is 10.2. The lowest BCUT2D eigenvalue weighted by Gasteiger charge is -2.18. The number of carbonyl (C=O) groups excluding carboxylic acids is 1. The number of fused-ring (bicyclic) bond motifs is 1. The number of nitrogens with one attached hydrogen (secondary N) is 2. The van der Waals surface area contributed by atoms with Gasteiger partial charge in [0, 0.05) is 18.0 Å². The van der Waals surface area contributed by atoms with Crippen LogP contribution < -0.4 is 10.0 Å². The van der Waals surface area contributed by atoms with Crippen LogP contribution in [0.2, 0.25) is 0 Å². The predicted molar refractivity (Wildman–Crippen MR) is 145 cm³/mol. The molecule has 0 fully saturated rings. The SMILES string of the molecule is O=C(CC(c1ccccc1)c1ccccc1)Nc1ccc(S(=O)(=O)Nc2cnc3ccccc3n2)cc1. The minimum absolute atomic E-state index is 0.0481. The minimum atomic E-state index is -3.88. The van der Waals surface area contributed by atoms with Gasteiger partial charge < -0.3 is 5.32 Å². The topological polar surface area (TPSA) is 101 Å². The monoisotopic (exact) mass is 508 g/mol. The van der Waals surface area contributed by atoms with Gasteiger partial charge in [-0.1, -0.05) is 72.8 Å². The fourth-order valence-corrected chi connectivity index (χ4v) is 5.10. The third-order valence-corrected chi connectivity index (χ3v) is 7.30. The Morgan fingerprint density at radius 2 is 1.30 bits per heavy atom. The van der Waals surface area contributed by atoms with Crippen molar-refractivity contribution in [2.24, 2.45) is 0 Å². The standard InChI is InChI=1S/C29H24N4O3S/c34-29(19-25(21-9-3-1-4-10-21)22-11-5-2-6-12-22)31-23-15-17-24(18-16-23)37(35,36)33-28-20-30-26-13-7-8-14-27(26)32-28/h1-18,20,25H,19H2,(H,31,34)(H,32,33).